The molecule has 0 amide bonds. The molecule has 0 saturated heterocycles. The van der Waals surface area contributed by atoms with Crippen LogP contribution in [0.5, 0.6) is 0 Å². The van der Waals surface area contributed by atoms with E-state index in [2.05, 4.69) is 10.3 Å². The van der Waals surface area contributed by atoms with Gasteiger partial charge < -0.3 is 11.1 Å². The van der Waals surface area contributed by atoms with Crippen LogP contribution in [0.1, 0.15) is 6.42 Å². The van der Waals surface area contributed by atoms with Gasteiger partial charge in [0.05, 0.1) is 0 Å². The maximum absolute atomic E-state index is 5.47. The largest absolute Gasteiger partial charge is 0.384 e. The van der Waals surface area contributed by atoms with Crippen LogP contribution in [0.4, 0.5) is 5.82 Å². The highest BCUT2D eigenvalue weighted by molar-refractivity contribution is 7.99. The van der Waals surface area contributed by atoms with Crippen LogP contribution in [-0.2, 0) is 0 Å². The molecule has 0 spiro atoms. The van der Waals surface area contributed by atoms with E-state index >= 15 is 0 Å². The number of hydrogen-bond donors (Lipinski definition) is 2. The Kier molecular flexibility index (Phi) is 4.64. The summed E-state index contributed by atoms with van der Waals surface area (Å²) in [6.07, 6.45) is 2.99. The number of thioether (sulfide) groups is 1. The minimum atomic E-state index is 0.583. The van der Waals surface area contributed by atoms with Crippen molar-refractivity contribution in [2.75, 3.05) is 25.1 Å². The van der Waals surface area contributed by atoms with Crippen LogP contribution in [-0.4, -0.2) is 24.3 Å². The predicted octanol–water partition coefficient (Wildman–Crippen LogP) is 1.37. The number of nitrogens with one attached hydrogen (secondary N) is 1. The Morgan fingerprint density at radius 1 is 1.54 bits per heavy atom. The van der Waals surface area contributed by atoms with E-state index in [4.69, 9.17) is 5.73 Å². The lowest BCUT2D eigenvalue weighted by molar-refractivity contribution is 0.778. The Balaban J connectivity index is 2.25. The average molecular weight is 197 g/mol. The fourth-order valence-corrected chi connectivity index (χ4v) is 1.73. The van der Waals surface area contributed by atoms with Gasteiger partial charge in [0.15, 0.2) is 0 Å². The topological polar surface area (TPSA) is 50.9 Å². The molecule has 3 nitrogen and oxygen atoms in total. The first-order chi connectivity index (χ1) is 6.33. The number of nitrogens with zero attached hydrogens (tertiary/aromatic N) is 1. The second-order valence-electron chi connectivity index (χ2n) is 2.72. The lowest BCUT2D eigenvalue weighted by Gasteiger charge is -2.00. The maximum Gasteiger partial charge on any atom is 0.123 e. The van der Waals surface area contributed by atoms with Gasteiger partial charge in [-0.05, 0) is 37.9 Å². The van der Waals surface area contributed by atoms with Crippen LogP contribution in [0.15, 0.2) is 23.2 Å². The highest BCUT2D eigenvalue weighted by Crippen LogP contribution is 2.17. The number of anilines is 1. The third kappa shape index (κ3) is 4.15. The normalized spacial score (nSPS) is 10.2. The fourth-order valence-electron chi connectivity index (χ4n) is 0.916. The van der Waals surface area contributed by atoms with Crippen LogP contribution in [0, 0.1) is 0 Å². The summed E-state index contributed by atoms with van der Waals surface area (Å²) in [5, 5.41) is 3.11. The molecule has 1 heterocycles. The van der Waals surface area contributed by atoms with Crippen molar-refractivity contribution in [1.82, 2.24) is 10.3 Å². The van der Waals surface area contributed by atoms with Crippen molar-refractivity contribution in [3.63, 3.8) is 0 Å². The summed E-state index contributed by atoms with van der Waals surface area (Å²) in [5.74, 6) is 1.70. The zero-order chi connectivity index (χ0) is 9.52. The number of pyridine rings is 1. The van der Waals surface area contributed by atoms with Gasteiger partial charge in [-0.3, -0.25) is 0 Å². The van der Waals surface area contributed by atoms with E-state index in [1.54, 1.807) is 0 Å². The van der Waals surface area contributed by atoms with Gasteiger partial charge in [0.1, 0.15) is 5.82 Å². The highest BCUT2D eigenvalue weighted by atomic mass is 32.2. The molecule has 0 aliphatic carbocycles. The third-order valence-electron chi connectivity index (χ3n) is 1.60. The molecular formula is C9H15N3S. The second kappa shape index (κ2) is 5.83. The van der Waals surface area contributed by atoms with Crippen molar-refractivity contribution < 1.29 is 0 Å². The standard InChI is InChI=1S/C9H15N3S/c1-11-5-2-6-13-8-3-4-9(10)12-7-8/h3-4,7,11H,2,5-6H2,1H3,(H2,10,12). The van der Waals surface area contributed by atoms with Gasteiger partial charge in [-0.15, -0.1) is 11.8 Å². The van der Waals surface area contributed by atoms with Gasteiger partial charge in [0.25, 0.3) is 0 Å². The third-order valence-corrected chi connectivity index (χ3v) is 2.67. The number of rotatable bonds is 5. The molecule has 3 N–H and O–H groups in total. The number of hydrogen-bond acceptors (Lipinski definition) is 4. The Morgan fingerprint density at radius 2 is 2.38 bits per heavy atom. The molecule has 72 valence electrons. The van der Waals surface area contributed by atoms with Gasteiger partial charge in [0.2, 0.25) is 0 Å². The molecule has 4 heteroatoms. The van der Waals surface area contributed by atoms with Crippen molar-refractivity contribution in [2.24, 2.45) is 0 Å². The van der Waals surface area contributed by atoms with Crippen molar-refractivity contribution >= 4 is 17.6 Å². The molecule has 1 aromatic rings. The van der Waals surface area contributed by atoms with Gasteiger partial charge in [-0.25, -0.2) is 4.98 Å². The molecule has 0 aliphatic rings. The molecule has 0 aromatic carbocycles. The minimum Gasteiger partial charge on any atom is -0.384 e. The van der Waals surface area contributed by atoms with Crippen LogP contribution in [0.2, 0.25) is 0 Å². The summed E-state index contributed by atoms with van der Waals surface area (Å²) >= 11 is 1.81. The molecule has 0 fully saturated rings. The quantitative estimate of drug-likeness (QED) is 0.553. The zero-order valence-electron chi connectivity index (χ0n) is 7.79. The first-order valence-corrected chi connectivity index (χ1v) is 5.30. The fraction of sp³-hybridized carbons (Fsp3) is 0.444. The highest BCUT2D eigenvalue weighted by Gasteiger charge is 1.93. The van der Waals surface area contributed by atoms with Gasteiger partial charge >= 0.3 is 0 Å². The SMILES string of the molecule is CNCCCSc1ccc(N)nc1. The molecule has 0 saturated carbocycles. The number of nitrogens with two attached hydrogens (primary N) is 1. The van der Waals surface area contributed by atoms with Crippen molar-refractivity contribution in [1.29, 1.82) is 0 Å². The minimum absolute atomic E-state index is 0.583. The van der Waals surface area contributed by atoms with Crippen LogP contribution >= 0.6 is 11.8 Å². The smallest absolute Gasteiger partial charge is 0.123 e. The van der Waals surface area contributed by atoms with Crippen molar-refractivity contribution in [3.05, 3.63) is 18.3 Å². The summed E-state index contributed by atoms with van der Waals surface area (Å²) in [5.41, 5.74) is 5.47. The summed E-state index contributed by atoms with van der Waals surface area (Å²) in [6.45, 7) is 1.06. The van der Waals surface area contributed by atoms with Gasteiger partial charge in [-0.2, -0.15) is 0 Å². The van der Waals surface area contributed by atoms with Crippen LogP contribution in [0.3, 0.4) is 0 Å². The Labute approximate surface area is 83.1 Å². The van der Waals surface area contributed by atoms with Crippen molar-refractivity contribution in [3.8, 4) is 0 Å². The zero-order valence-corrected chi connectivity index (χ0v) is 8.60. The van der Waals surface area contributed by atoms with Crippen molar-refractivity contribution in [2.45, 2.75) is 11.3 Å². The maximum atomic E-state index is 5.47. The Bertz CT molecular complexity index is 235. The van der Waals surface area contributed by atoms with Crippen LogP contribution in [0.25, 0.3) is 0 Å². The van der Waals surface area contributed by atoms with E-state index in [1.165, 1.54) is 11.3 Å². The van der Waals surface area contributed by atoms with Gasteiger partial charge in [0, 0.05) is 11.1 Å². The van der Waals surface area contributed by atoms with Gasteiger partial charge in [-0.1, -0.05) is 0 Å². The lowest BCUT2D eigenvalue weighted by atomic mass is 10.5. The van der Waals surface area contributed by atoms with E-state index in [0.717, 1.165) is 12.3 Å². The molecule has 0 bridgehead atoms. The molecule has 0 atom stereocenters. The van der Waals surface area contributed by atoms with E-state index in [-0.39, 0.29) is 0 Å². The first kappa shape index (κ1) is 10.3. The summed E-state index contributed by atoms with van der Waals surface area (Å²) in [7, 11) is 1.97. The average Bonchev–Trinajstić information content (AvgIpc) is 2.15. The molecule has 13 heavy (non-hydrogen) atoms. The number of nitrogen functional groups attached to an aromatic ring is 1. The first-order valence-electron chi connectivity index (χ1n) is 4.32. The molecule has 0 radical (unpaired) electrons. The Morgan fingerprint density at radius 3 is 3.00 bits per heavy atom. The molecule has 1 aromatic heterocycles. The van der Waals surface area contributed by atoms with E-state index in [9.17, 15) is 0 Å². The Hall–Kier alpha value is -0.740. The van der Waals surface area contributed by atoms with Crippen LogP contribution < -0.4 is 11.1 Å². The lowest BCUT2D eigenvalue weighted by Crippen LogP contribution is -2.07. The second-order valence-corrected chi connectivity index (χ2v) is 3.89. The van der Waals surface area contributed by atoms with E-state index in [1.807, 2.05) is 37.1 Å². The summed E-state index contributed by atoms with van der Waals surface area (Å²) in [4.78, 5) is 5.20. The van der Waals surface area contributed by atoms with E-state index in [0.29, 0.717) is 5.82 Å². The van der Waals surface area contributed by atoms with E-state index < -0.39 is 0 Å². The summed E-state index contributed by atoms with van der Waals surface area (Å²) in [6, 6.07) is 3.84. The molecule has 1 rings (SSSR count). The summed E-state index contributed by atoms with van der Waals surface area (Å²) < 4.78 is 0. The number of aromatic nitrogens is 1. The molecule has 0 aliphatic heterocycles. The molecular weight excluding hydrogens is 182 g/mol. The predicted molar refractivity (Wildman–Crippen MR) is 57.9 cm³/mol. The monoisotopic (exact) mass is 197 g/mol. The molecule has 0 unspecified atom stereocenters.